The van der Waals surface area contributed by atoms with Gasteiger partial charge in [-0.15, -0.1) is 0 Å². The van der Waals surface area contributed by atoms with Crippen molar-refractivity contribution >= 4 is 31.8 Å². The molecule has 4 N–H and O–H groups in total. The molecule has 1 aromatic rings. The summed E-state index contributed by atoms with van der Waals surface area (Å²) in [5.41, 5.74) is 2.30. The third-order valence-corrected chi connectivity index (χ3v) is 5.30. The van der Waals surface area contributed by atoms with E-state index in [0.717, 1.165) is 19.4 Å². The zero-order valence-electron chi connectivity index (χ0n) is 11.1. The summed E-state index contributed by atoms with van der Waals surface area (Å²) in [6, 6.07) is 1.71. The van der Waals surface area contributed by atoms with Crippen LogP contribution >= 0.6 is 15.9 Å². The van der Waals surface area contributed by atoms with Crippen LogP contribution in [0.25, 0.3) is 0 Å². The number of likely N-dealkylation sites (tertiary alicyclic amines) is 1. The van der Waals surface area contributed by atoms with Crippen molar-refractivity contribution in [1.82, 2.24) is 14.6 Å². The first kappa shape index (κ1) is 15.6. The minimum Gasteiger partial charge on any atom is -0.307 e. The molecule has 0 saturated carbocycles. The van der Waals surface area contributed by atoms with E-state index in [1.165, 1.54) is 12.3 Å². The number of pyridine rings is 1. The van der Waals surface area contributed by atoms with Gasteiger partial charge < -0.3 is 10.3 Å². The molecule has 1 atom stereocenters. The Balaban J connectivity index is 2.15. The third kappa shape index (κ3) is 3.47. The van der Waals surface area contributed by atoms with Crippen molar-refractivity contribution in [2.45, 2.75) is 23.8 Å². The molecule has 112 valence electrons. The van der Waals surface area contributed by atoms with Crippen LogP contribution in [-0.2, 0) is 10.0 Å². The van der Waals surface area contributed by atoms with Crippen molar-refractivity contribution in [3.63, 3.8) is 0 Å². The first-order valence-corrected chi connectivity index (χ1v) is 8.53. The Bertz CT molecular complexity index is 580. The van der Waals surface area contributed by atoms with Crippen LogP contribution in [0.1, 0.15) is 12.8 Å². The lowest BCUT2D eigenvalue weighted by molar-refractivity contribution is 0.311. The molecule has 1 saturated heterocycles. The minimum absolute atomic E-state index is 0.0371. The van der Waals surface area contributed by atoms with E-state index in [2.05, 4.69) is 36.0 Å². The number of likely N-dealkylation sites (N-methyl/N-ethyl adjacent to an activating group) is 1. The van der Waals surface area contributed by atoms with Gasteiger partial charge in [0.05, 0.1) is 0 Å². The average molecular weight is 364 g/mol. The quantitative estimate of drug-likeness (QED) is 0.520. The van der Waals surface area contributed by atoms with Crippen LogP contribution in [0.15, 0.2) is 21.6 Å². The summed E-state index contributed by atoms with van der Waals surface area (Å²) in [4.78, 5) is 6.14. The number of nitrogens with one attached hydrogen (secondary N) is 2. The van der Waals surface area contributed by atoms with Crippen molar-refractivity contribution in [2.24, 2.45) is 5.84 Å². The molecule has 9 heteroatoms. The van der Waals surface area contributed by atoms with Gasteiger partial charge in [0.1, 0.15) is 4.90 Å². The van der Waals surface area contributed by atoms with Crippen LogP contribution in [0.3, 0.4) is 0 Å². The smallest absolute Gasteiger partial charge is 0.244 e. The average Bonchev–Trinajstić information content (AvgIpc) is 2.82. The fourth-order valence-electron chi connectivity index (χ4n) is 2.25. The van der Waals surface area contributed by atoms with Crippen molar-refractivity contribution in [3.8, 4) is 0 Å². The molecule has 1 aliphatic heterocycles. The Labute approximate surface area is 127 Å². The fraction of sp³-hybridized carbons (Fsp3) is 0.545. The number of anilines is 1. The monoisotopic (exact) mass is 363 g/mol. The van der Waals surface area contributed by atoms with Crippen LogP contribution in [0, 0.1) is 0 Å². The lowest BCUT2D eigenvalue weighted by atomic mass is 10.2. The molecule has 1 unspecified atom stereocenters. The molecular weight excluding hydrogens is 346 g/mol. The van der Waals surface area contributed by atoms with Gasteiger partial charge in [0.2, 0.25) is 10.0 Å². The van der Waals surface area contributed by atoms with Crippen molar-refractivity contribution in [1.29, 1.82) is 0 Å². The SMILES string of the molecule is CN1CCCC1CNS(=O)(=O)c1cc(Br)cnc1NN. The molecule has 1 aromatic heterocycles. The van der Waals surface area contributed by atoms with E-state index in [1.54, 1.807) is 0 Å². The molecule has 0 bridgehead atoms. The van der Waals surface area contributed by atoms with Gasteiger partial charge in [-0.1, -0.05) is 0 Å². The van der Waals surface area contributed by atoms with Crippen LogP contribution in [-0.4, -0.2) is 44.5 Å². The summed E-state index contributed by atoms with van der Waals surface area (Å²) < 4.78 is 27.9. The van der Waals surface area contributed by atoms with E-state index in [9.17, 15) is 8.42 Å². The molecule has 1 fully saturated rings. The predicted molar refractivity (Wildman–Crippen MR) is 80.6 cm³/mol. The van der Waals surface area contributed by atoms with Crippen molar-refractivity contribution in [2.75, 3.05) is 25.6 Å². The van der Waals surface area contributed by atoms with Crippen molar-refractivity contribution < 1.29 is 8.42 Å². The first-order valence-electron chi connectivity index (χ1n) is 6.26. The summed E-state index contributed by atoms with van der Waals surface area (Å²) in [5.74, 6) is 5.43. The number of rotatable bonds is 5. The predicted octanol–water partition coefficient (Wildman–Crippen LogP) is 0.502. The summed E-state index contributed by atoms with van der Waals surface area (Å²) in [7, 11) is -1.65. The molecule has 0 spiro atoms. The number of hydrogen-bond acceptors (Lipinski definition) is 6. The summed E-state index contributed by atoms with van der Waals surface area (Å²) >= 11 is 3.21. The maximum Gasteiger partial charge on any atom is 0.244 e. The lowest BCUT2D eigenvalue weighted by Gasteiger charge is -2.20. The van der Waals surface area contributed by atoms with Gasteiger partial charge in [-0.3, -0.25) is 0 Å². The molecule has 0 amide bonds. The van der Waals surface area contributed by atoms with Crippen LogP contribution in [0.2, 0.25) is 0 Å². The first-order chi connectivity index (χ1) is 9.44. The Kier molecular flexibility index (Phi) is 4.97. The van der Waals surface area contributed by atoms with E-state index in [1.807, 2.05) is 7.05 Å². The Morgan fingerprint density at radius 1 is 1.60 bits per heavy atom. The Hall–Kier alpha value is -0.740. The summed E-state index contributed by atoms with van der Waals surface area (Å²) in [5, 5.41) is 0. The van der Waals surface area contributed by atoms with E-state index in [-0.39, 0.29) is 16.8 Å². The molecule has 1 aliphatic rings. The van der Waals surface area contributed by atoms with E-state index in [4.69, 9.17) is 5.84 Å². The number of hydrogen-bond donors (Lipinski definition) is 3. The van der Waals surface area contributed by atoms with E-state index in [0.29, 0.717) is 11.0 Å². The highest BCUT2D eigenvalue weighted by molar-refractivity contribution is 9.10. The van der Waals surface area contributed by atoms with Gasteiger partial charge in [0, 0.05) is 23.3 Å². The number of halogens is 1. The number of hydrazine groups is 1. The highest BCUT2D eigenvalue weighted by atomic mass is 79.9. The molecule has 0 aromatic carbocycles. The molecule has 7 nitrogen and oxygen atoms in total. The van der Waals surface area contributed by atoms with E-state index >= 15 is 0 Å². The molecule has 2 heterocycles. The second-order valence-electron chi connectivity index (χ2n) is 4.77. The topological polar surface area (TPSA) is 100 Å². The molecule has 0 aliphatic carbocycles. The van der Waals surface area contributed by atoms with Gasteiger partial charge in [0.15, 0.2) is 5.82 Å². The number of nitrogens with two attached hydrogens (primary N) is 1. The number of nitrogens with zero attached hydrogens (tertiary/aromatic N) is 2. The lowest BCUT2D eigenvalue weighted by Crippen LogP contribution is -2.38. The number of sulfonamides is 1. The number of aromatic nitrogens is 1. The Morgan fingerprint density at radius 2 is 2.35 bits per heavy atom. The van der Waals surface area contributed by atoms with Gasteiger partial charge in [0.25, 0.3) is 0 Å². The standard InChI is InChI=1S/C11H18BrN5O2S/c1-17-4-2-3-9(17)7-15-20(18,19)10-5-8(12)6-14-11(10)16-13/h5-6,9,15H,2-4,7,13H2,1H3,(H,14,16). The minimum atomic E-state index is -3.65. The summed E-state index contributed by atoms with van der Waals surface area (Å²) in [6.07, 6.45) is 3.58. The Morgan fingerprint density at radius 3 is 2.95 bits per heavy atom. The maximum atomic E-state index is 12.3. The van der Waals surface area contributed by atoms with Crippen molar-refractivity contribution in [3.05, 3.63) is 16.7 Å². The summed E-state index contributed by atoms with van der Waals surface area (Å²) in [6.45, 7) is 1.38. The maximum absolute atomic E-state index is 12.3. The fourth-order valence-corrected chi connectivity index (χ4v) is 3.95. The molecule has 2 rings (SSSR count). The normalized spacial score (nSPS) is 20.2. The second kappa shape index (κ2) is 6.35. The zero-order chi connectivity index (χ0) is 14.8. The van der Waals surface area contributed by atoms with Gasteiger partial charge in [-0.25, -0.2) is 24.0 Å². The van der Waals surface area contributed by atoms with E-state index < -0.39 is 10.0 Å². The highest BCUT2D eigenvalue weighted by Crippen LogP contribution is 2.22. The van der Waals surface area contributed by atoms with Gasteiger partial charge >= 0.3 is 0 Å². The van der Waals surface area contributed by atoms with Crippen LogP contribution in [0.5, 0.6) is 0 Å². The second-order valence-corrected chi connectivity index (χ2v) is 7.42. The van der Waals surface area contributed by atoms with Gasteiger partial charge in [-0.2, -0.15) is 0 Å². The van der Waals surface area contributed by atoms with Crippen LogP contribution in [0.4, 0.5) is 5.82 Å². The van der Waals surface area contributed by atoms with Crippen LogP contribution < -0.4 is 16.0 Å². The highest BCUT2D eigenvalue weighted by Gasteiger charge is 2.25. The molecule has 0 radical (unpaired) electrons. The molecular formula is C11H18BrN5O2S. The van der Waals surface area contributed by atoms with Gasteiger partial charge in [-0.05, 0) is 48.4 Å². The zero-order valence-corrected chi connectivity index (χ0v) is 13.5. The molecule has 20 heavy (non-hydrogen) atoms. The number of nitrogen functional groups attached to an aromatic ring is 1. The largest absolute Gasteiger partial charge is 0.307 e. The third-order valence-electron chi connectivity index (χ3n) is 3.43.